The van der Waals surface area contributed by atoms with Crippen LogP contribution in [0.1, 0.15) is 37.6 Å². The van der Waals surface area contributed by atoms with Crippen molar-refractivity contribution in [3.8, 4) is 0 Å². The van der Waals surface area contributed by atoms with E-state index in [1.54, 1.807) is 12.1 Å². The number of ether oxygens (including phenoxy) is 2. The number of hydrogen-bond acceptors (Lipinski definition) is 4. The third-order valence-electron chi connectivity index (χ3n) is 3.00. The van der Waals surface area contributed by atoms with Gasteiger partial charge in [-0.15, -0.1) is 0 Å². The summed E-state index contributed by atoms with van der Waals surface area (Å²) in [7, 11) is 0. The van der Waals surface area contributed by atoms with Gasteiger partial charge in [-0.25, -0.2) is 4.99 Å². The van der Waals surface area contributed by atoms with Gasteiger partial charge in [0.2, 0.25) is 0 Å². The van der Waals surface area contributed by atoms with Gasteiger partial charge in [-0.1, -0.05) is 30.1 Å². The van der Waals surface area contributed by atoms with Gasteiger partial charge in [0.25, 0.3) is 11.9 Å². The number of nitrogens with one attached hydrogen (secondary N) is 1. The molecule has 0 heterocycles. The Morgan fingerprint density at radius 3 is 2.61 bits per heavy atom. The van der Waals surface area contributed by atoms with E-state index in [0.29, 0.717) is 35.4 Å². The maximum Gasteiger partial charge on any atom is 0.292 e. The Kier molecular flexibility index (Phi) is 8.99. The van der Waals surface area contributed by atoms with Gasteiger partial charge in [-0.05, 0) is 38.5 Å². The normalized spacial score (nSPS) is 12.8. The number of rotatable bonds is 7. The molecule has 0 spiro atoms. The first kappa shape index (κ1) is 19.7. The summed E-state index contributed by atoms with van der Waals surface area (Å²) < 4.78 is 10.7. The molecule has 128 valence electrons. The summed E-state index contributed by atoms with van der Waals surface area (Å²) in [6.07, 6.45) is 0.834. The lowest BCUT2D eigenvalue weighted by Crippen LogP contribution is -2.34. The minimum Gasteiger partial charge on any atom is -0.463 e. The van der Waals surface area contributed by atoms with Gasteiger partial charge in [0, 0.05) is 12.2 Å². The van der Waals surface area contributed by atoms with Crippen LogP contribution >= 0.6 is 23.2 Å². The molecule has 1 N–H and O–H groups in total. The molecule has 1 rings (SSSR count). The highest BCUT2D eigenvalue weighted by Gasteiger charge is 2.12. The molecule has 0 aliphatic rings. The van der Waals surface area contributed by atoms with Gasteiger partial charge < -0.3 is 9.47 Å². The molecule has 0 aromatic heterocycles. The van der Waals surface area contributed by atoms with Crippen LogP contribution in [0.3, 0.4) is 0 Å². The van der Waals surface area contributed by atoms with Crippen LogP contribution in [-0.4, -0.2) is 37.8 Å². The van der Waals surface area contributed by atoms with Crippen molar-refractivity contribution in [1.29, 1.82) is 0 Å². The molecular weight excluding hydrogens is 339 g/mol. The Bertz CT molecular complexity index is 550. The zero-order valence-corrected chi connectivity index (χ0v) is 15.1. The molecule has 0 aliphatic carbocycles. The molecule has 0 saturated carbocycles. The highest BCUT2D eigenvalue weighted by Crippen LogP contribution is 2.22. The maximum atomic E-state index is 12.3. The second-order valence-electron chi connectivity index (χ2n) is 4.82. The number of carbonyl (C=O) groups is 1. The molecule has 1 aromatic rings. The summed E-state index contributed by atoms with van der Waals surface area (Å²) in [5, 5.41) is 3.36. The topological polar surface area (TPSA) is 59.9 Å². The van der Waals surface area contributed by atoms with Gasteiger partial charge in [-0.2, -0.15) is 0 Å². The largest absolute Gasteiger partial charge is 0.463 e. The van der Waals surface area contributed by atoms with Crippen LogP contribution in [0.5, 0.6) is 0 Å². The van der Waals surface area contributed by atoms with E-state index in [1.165, 1.54) is 6.07 Å². The Morgan fingerprint density at radius 2 is 2.00 bits per heavy atom. The summed E-state index contributed by atoms with van der Waals surface area (Å²) in [6, 6.07) is 4.87. The van der Waals surface area contributed by atoms with Crippen molar-refractivity contribution >= 4 is 35.1 Å². The van der Waals surface area contributed by atoms with Crippen molar-refractivity contribution in [3.05, 3.63) is 33.8 Å². The first-order valence-corrected chi connectivity index (χ1v) is 8.28. The number of carbonyl (C=O) groups excluding carboxylic acids is 1. The van der Waals surface area contributed by atoms with E-state index in [9.17, 15) is 4.79 Å². The van der Waals surface area contributed by atoms with Crippen molar-refractivity contribution in [2.24, 2.45) is 4.99 Å². The molecule has 0 unspecified atom stereocenters. The monoisotopic (exact) mass is 360 g/mol. The number of hydrogen-bond donors (Lipinski definition) is 1. The summed E-state index contributed by atoms with van der Waals surface area (Å²) >= 11 is 11.8. The van der Waals surface area contributed by atoms with Crippen LogP contribution in [0.15, 0.2) is 23.2 Å². The third kappa shape index (κ3) is 7.20. The molecule has 1 aromatic carbocycles. The van der Waals surface area contributed by atoms with Gasteiger partial charge >= 0.3 is 0 Å². The van der Waals surface area contributed by atoms with Crippen LogP contribution in [0.25, 0.3) is 0 Å². The Balaban J connectivity index is 2.76. The lowest BCUT2D eigenvalue weighted by Gasteiger charge is -2.13. The fraction of sp³-hybridized carbons (Fsp3) is 0.500. The molecular formula is C16H22Cl2N2O3. The minimum absolute atomic E-state index is 0.0335. The molecule has 1 amide bonds. The van der Waals surface area contributed by atoms with Crippen LogP contribution in [0.2, 0.25) is 10.0 Å². The summed E-state index contributed by atoms with van der Waals surface area (Å²) in [6.45, 7) is 7.20. The predicted octanol–water partition coefficient (Wildman–Crippen LogP) is 3.93. The second-order valence-corrected chi connectivity index (χ2v) is 5.63. The van der Waals surface area contributed by atoms with Gasteiger partial charge in [-0.3, -0.25) is 10.1 Å². The van der Waals surface area contributed by atoms with Crippen molar-refractivity contribution in [2.45, 2.75) is 33.2 Å². The third-order valence-corrected chi connectivity index (χ3v) is 3.74. The smallest absolute Gasteiger partial charge is 0.292 e. The number of benzene rings is 1. The standard InChI is InChI=1S/C16H22Cl2N2O3/c1-4-11(3)19-16(23-9-8-22-5-2)20-15(21)12-6-7-13(17)14(18)10-12/h6-7,10-11H,4-5,8-9H2,1-3H3,(H,19,20,21)/t11-/m1/s1. The molecule has 7 heteroatoms. The van der Waals surface area contributed by atoms with E-state index >= 15 is 0 Å². The second kappa shape index (κ2) is 10.5. The van der Waals surface area contributed by atoms with Crippen molar-refractivity contribution in [1.82, 2.24) is 5.32 Å². The zero-order chi connectivity index (χ0) is 17.2. The van der Waals surface area contributed by atoms with E-state index in [2.05, 4.69) is 10.3 Å². The number of halogens is 2. The van der Waals surface area contributed by atoms with E-state index in [0.717, 1.165) is 6.42 Å². The summed E-state index contributed by atoms with van der Waals surface area (Å²) in [4.78, 5) is 16.6. The molecule has 0 fully saturated rings. The highest BCUT2D eigenvalue weighted by molar-refractivity contribution is 6.42. The maximum absolute atomic E-state index is 12.3. The highest BCUT2D eigenvalue weighted by atomic mass is 35.5. The molecule has 23 heavy (non-hydrogen) atoms. The number of nitrogens with zero attached hydrogens (tertiary/aromatic N) is 1. The Hall–Kier alpha value is -1.30. The minimum atomic E-state index is -0.359. The Morgan fingerprint density at radius 1 is 1.26 bits per heavy atom. The molecule has 0 saturated heterocycles. The first-order chi connectivity index (χ1) is 11.0. The van der Waals surface area contributed by atoms with Crippen LogP contribution in [-0.2, 0) is 9.47 Å². The van der Waals surface area contributed by atoms with Crippen molar-refractivity contribution in [3.63, 3.8) is 0 Å². The molecule has 0 aliphatic heterocycles. The van der Waals surface area contributed by atoms with Crippen LogP contribution < -0.4 is 5.32 Å². The first-order valence-electron chi connectivity index (χ1n) is 7.52. The molecule has 0 radical (unpaired) electrons. The fourth-order valence-corrected chi connectivity index (χ4v) is 1.84. The SMILES string of the molecule is CCOCCOC(=N[C@H](C)CC)NC(=O)c1ccc(Cl)c(Cl)c1. The number of amidine groups is 1. The summed E-state index contributed by atoms with van der Waals surface area (Å²) in [5.41, 5.74) is 0.379. The zero-order valence-electron chi connectivity index (χ0n) is 13.6. The lowest BCUT2D eigenvalue weighted by molar-refractivity contribution is 0.0921. The Labute approximate surface area is 147 Å². The molecule has 1 atom stereocenters. The van der Waals surface area contributed by atoms with E-state index < -0.39 is 0 Å². The van der Waals surface area contributed by atoms with Crippen LogP contribution in [0, 0.1) is 0 Å². The molecule has 5 nitrogen and oxygen atoms in total. The van der Waals surface area contributed by atoms with E-state index in [-0.39, 0.29) is 18.0 Å². The van der Waals surface area contributed by atoms with Crippen molar-refractivity contribution in [2.75, 3.05) is 19.8 Å². The van der Waals surface area contributed by atoms with Gasteiger partial charge in [0.1, 0.15) is 6.61 Å². The average molecular weight is 361 g/mol. The lowest BCUT2D eigenvalue weighted by atomic mass is 10.2. The van der Waals surface area contributed by atoms with Crippen molar-refractivity contribution < 1.29 is 14.3 Å². The number of amides is 1. The summed E-state index contributed by atoms with van der Waals surface area (Å²) in [5.74, 6) is -0.359. The van der Waals surface area contributed by atoms with E-state index in [4.69, 9.17) is 32.7 Å². The van der Waals surface area contributed by atoms with Crippen LogP contribution in [0.4, 0.5) is 0 Å². The predicted molar refractivity (Wildman–Crippen MR) is 93.6 cm³/mol. The fourth-order valence-electron chi connectivity index (χ4n) is 1.55. The quantitative estimate of drug-likeness (QED) is 0.455. The van der Waals surface area contributed by atoms with Gasteiger partial charge in [0.05, 0.1) is 22.7 Å². The average Bonchev–Trinajstić information content (AvgIpc) is 2.53. The number of aliphatic imine (C=N–C) groups is 1. The molecule has 0 bridgehead atoms. The van der Waals surface area contributed by atoms with E-state index in [1.807, 2.05) is 20.8 Å². The van der Waals surface area contributed by atoms with Gasteiger partial charge in [0.15, 0.2) is 0 Å².